The van der Waals surface area contributed by atoms with Crippen molar-refractivity contribution in [2.45, 2.75) is 0 Å². The second-order valence-electron chi connectivity index (χ2n) is 10.9. The molecule has 3 aliphatic rings. The lowest BCUT2D eigenvalue weighted by molar-refractivity contribution is 1.29. The van der Waals surface area contributed by atoms with Gasteiger partial charge < -0.3 is 9.80 Å². The van der Waals surface area contributed by atoms with E-state index in [1.807, 2.05) is 0 Å². The van der Waals surface area contributed by atoms with Crippen molar-refractivity contribution in [2.24, 2.45) is 0 Å². The maximum atomic E-state index is 2.46. The first kappa shape index (κ1) is 21.9. The molecule has 3 aliphatic heterocycles. The van der Waals surface area contributed by atoms with Crippen LogP contribution in [0.25, 0.3) is 0 Å². The fourth-order valence-corrected chi connectivity index (χ4v) is 7.46. The summed E-state index contributed by atoms with van der Waals surface area (Å²) in [6, 6.07) is 53.5. The van der Waals surface area contributed by atoms with Crippen molar-refractivity contribution in [2.75, 3.05) is 9.80 Å². The summed E-state index contributed by atoms with van der Waals surface area (Å²) in [6.07, 6.45) is 0. The van der Waals surface area contributed by atoms with E-state index >= 15 is 0 Å². The number of anilines is 6. The van der Waals surface area contributed by atoms with E-state index in [1.54, 1.807) is 0 Å². The maximum Gasteiger partial charge on any atom is 0.245 e. The SMILES string of the molecule is c1ccc(N2c3ccccc3B3c4cccc5c4B(c4ccccc4N5c4ccccc4)c4cccc2c43)cc1. The predicted molar refractivity (Wildman–Crippen MR) is 172 cm³/mol. The van der Waals surface area contributed by atoms with Crippen LogP contribution in [0.4, 0.5) is 34.1 Å². The Morgan fingerprint density at radius 1 is 0.300 bits per heavy atom. The van der Waals surface area contributed by atoms with Crippen LogP contribution >= 0.6 is 0 Å². The number of hydrogen-bond donors (Lipinski definition) is 0. The molecule has 0 atom stereocenters. The number of benzene rings is 6. The van der Waals surface area contributed by atoms with E-state index in [0.717, 1.165) is 0 Å². The third kappa shape index (κ3) is 2.85. The third-order valence-electron chi connectivity index (χ3n) is 8.92. The van der Waals surface area contributed by atoms with Crippen LogP contribution in [0.2, 0.25) is 0 Å². The van der Waals surface area contributed by atoms with Crippen LogP contribution < -0.4 is 42.6 Å². The van der Waals surface area contributed by atoms with Gasteiger partial charge in [-0.1, -0.05) is 108 Å². The molecule has 2 nitrogen and oxygen atoms in total. The molecule has 0 unspecified atom stereocenters. The number of hydrogen-bond acceptors (Lipinski definition) is 2. The summed E-state index contributed by atoms with van der Waals surface area (Å²) < 4.78 is 0. The Morgan fingerprint density at radius 2 is 0.650 bits per heavy atom. The second-order valence-corrected chi connectivity index (χ2v) is 10.9. The molecule has 0 bridgehead atoms. The summed E-state index contributed by atoms with van der Waals surface area (Å²) >= 11 is 0. The largest absolute Gasteiger partial charge is 0.312 e. The van der Waals surface area contributed by atoms with Crippen LogP contribution in [-0.4, -0.2) is 13.4 Å². The fourth-order valence-electron chi connectivity index (χ4n) is 7.46. The van der Waals surface area contributed by atoms with E-state index in [9.17, 15) is 0 Å². The summed E-state index contributed by atoms with van der Waals surface area (Å²) in [5.41, 5.74) is 15.9. The zero-order valence-electron chi connectivity index (χ0n) is 21.9. The van der Waals surface area contributed by atoms with E-state index in [0.29, 0.717) is 0 Å². The van der Waals surface area contributed by atoms with Crippen molar-refractivity contribution in [1.29, 1.82) is 0 Å². The quantitative estimate of drug-likeness (QED) is 0.317. The van der Waals surface area contributed by atoms with Gasteiger partial charge in [-0.05, 0) is 70.4 Å². The Balaban J connectivity index is 1.39. The molecule has 0 amide bonds. The van der Waals surface area contributed by atoms with Crippen molar-refractivity contribution in [3.8, 4) is 0 Å². The molecule has 0 fully saturated rings. The van der Waals surface area contributed by atoms with E-state index in [1.165, 1.54) is 66.9 Å². The van der Waals surface area contributed by atoms with Crippen molar-refractivity contribution < 1.29 is 0 Å². The van der Waals surface area contributed by atoms with Crippen molar-refractivity contribution in [3.63, 3.8) is 0 Å². The Morgan fingerprint density at radius 3 is 1.10 bits per heavy atom. The summed E-state index contributed by atoms with van der Waals surface area (Å²) in [5.74, 6) is 0. The molecule has 9 rings (SSSR count). The second kappa shape index (κ2) is 8.27. The number of fused-ring (bicyclic) bond motifs is 6. The monoisotopic (exact) mass is 506 g/mol. The molecule has 0 aliphatic carbocycles. The van der Waals surface area contributed by atoms with Gasteiger partial charge in [-0.2, -0.15) is 0 Å². The molecule has 0 spiro atoms. The van der Waals surface area contributed by atoms with E-state index < -0.39 is 0 Å². The van der Waals surface area contributed by atoms with Gasteiger partial charge in [-0.25, -0.2) is 0 Å². The van der Waals surface area contributed by atoms with Gasteiger partial charge in [0.1, 0.15) is 0 Å². The van der Waals surface area contributed by atoms with Crippen LogP contribution in [0, 0.1) is 0 Å². The zero-order valence-corrected chi connectivity index (χ0v) is 21.9. The molecule has 0 saturated heterocycles. The Kier molecular flexibility index (Phi) is 4.53. The number of para-hydroxylation sites is 4. The lowest BCUT2D eigenvalue weighted by Gasteiger charge is -2.45. The molecule has 0 N–H and O–H groups in total. The number of rotatable bonds is 2. The third-order valence-corrected chi connectivity index (χ3v) is 8.92. The minimum atomic E-state index is 0.177. The van der Waals surface area contributed by atoms with Crippen LogP contribution in [0.3, 0.4) is 0 Å². The topological polar surface area (TPSA) is 6.48 Å². The molecule has 40 heavy (non-hydrogen) atoms. The Hall–Kier alpha value is -4.95. The predicted octanol–water partition coefficient (Wildman–Crippen LogP) is 4.60. The lowest BCUT2D eigenvalue weighted by Crippen LogP contribution is -2.78. The van der Waals surface area contributed by atoms with Crippen LogP contribution in [0.1, 0.15) is 0 Å². The van der Waals surface area contributed by atoms with Crippen molar-refractivity contribution in [3.05, 3.63) is 146 Å². The first-order chi connectivity index (χ1) is 19.9. The minimum Gasteiger partial charge on any atom is -0.312 e. The van der Waals surface area contributed by atoms with Gasteiger partial charge in [0.05, 0.1) is 0 Å². The highest BCUT2D eigenvalue weighted by Gasteiger charge is 2.48. The molecule has 4 heteroatoms. The number of nitrogens with zero attached hydrogens (tertiary/aromatic N) is 2. The standard InChI is InChI=1S/C36H24B2N2/c1-3-13-25(14-4-1)39-31-21-9-7-17-27(31)37-30-20-12-24-34-36(30)38(29-19-11-23-33(39)35(29)37)28-18-8-10-22-32(28)40(34)26-15-5-2-6-16-26/h1-24H. The van der Waals surface area contributed by atoms with E-state index in [2.05, 4.69) is 155 Å². The Labute approximate surface area is 235 Å². The summed E-state index contributed by atoms with van der Waals surface area (Å²) in [4.78, 5) is 4.93. The zero-order chi connectivity index (χ0) is 26.2. The average molecular weight is 506 g/mol. The Bertz CT molecular complexity index is 1790. The van der Waals surface area contributed by atoms with Gasteiger partial charge >= 0.3 is 0 Å². The highest BCUT2D eigenvalue weighted by atomic mass is 15.2. The minimum absolute atomic E-state index is 0.177. The molecular formula is C36H24B2N2. The molecule has 0 saturated carbocycles. The highest BCUT2D eigenvalue weighted by Crippen LogP contribution is 2.39. The van der Waals surface area contributed by atoms with Crippen LogP contribution in [0.15, 0.2) is 146 Å². The van der Waals surface area contributed by atoms with Gasteiger partial charge in [0, 0.05) is 34.1 Å². The first-order valence-electron chi connectivity index (χ1n) is 14.0. The maximum absolute atomic E-state index is 2.46. The molecule has 6 aromatic rings. The van der Waals surface area contributed by atoms with Crippen molar-refractivity contribution in [1.82, 2.24) is 0 Å². The summed E-state index contributed by atoms with van der Waals surface area (Å²) in [6.45, 7) is 0.355. The summed E-state index contributed by atoms with van der Waals surface area (Å²) in [7, 11) is 0. The average Bonchev–Trinajstić information content (AvgIpc) is 3.03. The highest BCUT2D eigenvalue weighted by molar-refractivity contribution is 7.13. The molecule has 0 aromatic heterocycles. The molecule has 6 aromatic carbocycles. The van der Waals surface area contributed by atoms with Crippen molar-refractivity contribution >= 4 is 80.3 Å². The van der Waals surface area contributed by atoms with Crippen LogP contribution in [-0.2, 0) is 0 Å². The van der Waals surface area contributed by atoms with Gasteiger partial charge in [-0.15, -0.1) is 0 Å². The van der Waals surface area contributed by atoms with Gasteiger partial charge in [0.15, 0.2) is 0 Å². The first-order valence-corrected chi connectivity index (χ1v) is 14.0. The van der Waals surface area contributed by atoms with Gasteiger partial charge in [0.25, 0.3) is 0 Å². The van der Waals surface area contributed by atoms with Gasteiger partial charge in [-0.3, -0.25) is 0 Å². The van der Waals surface area contributed by atoms with Gasteiger partial charge in [0.2, 0.25) is 13.4 Å². The normalized spacial score (nSPS) is 13.8. The summed E-state index contributed by atoms with van der Waals surface area (Å²) in [5, 5.41) is 0. The molecule has 0 radical (unpaired) electrons. The molecular weight excluding hydrogens is 482 g/mol. The molecule has 3 heterocycles. The molecule has 184 valence electrons. The van der Waals surface area contributed by atoms with E-state index in [4.69, 9.17) is 0 Å². The van der Waals surface area contributed by atoms with E-state index in [-0.39, 0.29) is 13.4 Å². The van der Waals surface area contributed by atoms with Crippen LogP contribution in [0.5, 0.6) is 0 Å². The fraction of sp³-hybridized carbons (Fsp3) is 0. The smallest absolute Gasteiger partial charge is 0.245 e. The lowest BCUT2D eigenvalue weighted by atomic mass is 9.19.